The molecule has 1 fully saturated rings. The van der Waals surface area contributed by atoms with E-state index in [0.717, 1.165) is 48.9 Å². The molecule has 1 atom stereocenters. The smallest absolute Gasteiger partial charge is 0.232 e. The van der Waals surface area contributed by atoms with Gasteiger partial charge < -0.3 is 10.6 Å². The zero-order valence-corrected chi connectivity index (χ0v) is 22.7. The first kappa shape index (κ1) is 26.4. The predicted molar refractivity (Wildman–Crippen MR) is 150 cm³/mol. The molecule has 0 unspecified atom stereocenters. The maximum Gasteiger partial charge on any atom is 0.232 e. The summed E-state index contributed by atoms with van der Waals surface area (Å²) in [6.45, 7) is 1.81. The van der Waals surface area contributed by atoms with Crippen molar-refractivity contribution in [2.75, 3.05) is 23.7 Å². The van der Waals surface area contributed by atoms with Crippen molar-refractivity contribution in [3.8, 4) is 0 Å². The number of nitrogens with one attached hydrogen (secondary N) is 2. The summed E-state index contributed by atoms with van der Waals surface area (Å²) in [6.07, 6.45) is 8.74. The van der Waals surface area contributed by atoms with Crippen molar-refractivity contribution in [3.63, 3.8) is 0 Å². The van der Waals surface area contributed by atoms with Crippen LogP contribution >= 0.6 is 0 Å². The Balaban J connectivity index is 1.23. The molecule has 200 valence electrons. The SMILES string of the molecule is CS(=O)(=O)N1CC2(CCC(C(=O)N[C@H](CNCc3cccnc3)Cc3ccccc3)CC2)c2ccccc21. The number of amides is 1. The summed E-state index contributed by atoms with van der Waals surface area (Å²) < 4.78 is 26.5. The van der Waals surface area contributed by atoms with Crippen molar-refractivity contribution in [2.45, 2.75) is 50.1 Å². The Morgan fingerprint density at radius 2 is 1.74 bits per heavy atom. The average Bonchev–Trinajstić information content (AvgIpc) is 3.25. The Morgan fingerprint density at radius 3 is 2.45 bits per heavy atom. The molecule has 0 saturated heterocycles. The normalized spacial score (nSPS) is 21.7. The molecule has 2 aliphatic rings. The Labute approximate surface area is 225 Å². The number of hydrogen-bond donors (Lipinski definition) is 2. The van der Waals surface area contributed by atoms with Crippen molar-refractivity contribution in [2.24, 2.45) is 5.92 Å². The van der Waals surface area contributed by atoms with Crippen LogP contribution in [-0.4, -0.2) is 44.7 Å². The third-order valence-electron chi connectivity index (χ3n) is 8.02. The topological polar surface area (TPSA) is 91.4 Å². The van der Waals surface area contributed by atoms with Gasteiger partial charge >= 0.3 is 0 Å². The number of fused-ring (bicyclic) bond motifs is 2. The van der Waals surface area contributed by atoms with Gasteiger partial charge in [-0.1, -0.05) is 54.6 Å². The van der Waals surface area contributed by atoms with Gasteiger partial charge in [0.15, 0.2) is 0 Å². The van der Waals surface area contributed by atoms with Crippen LogP contribution in [0.2, 0.25) is 0 Å². The van der Waals surface area contributed by atoms with E-state index in [1.807, 2.05) is 54.7 Å². The molecule has 1 amide bonds. The van der Waals surface area contributed by atoms with Crippen molar-refractivity contribution >= 4 is 21.6 Å². The van der Waals surface area contributed by atoms with E-state index in [2.05, 4.69) is 33.8 Å². The van der Waals surface area contributed by atoms with Crippen molar-refractivity contribution < 1.29 is 13.2 Å². The number of sulfonamides is 1. The van der Waals surface area contributed by atoms with Crippen LogP contribution in [0.5, 0.6) is 0 Å². The molecular weight excluding hydrogens is 496 g/mol. The minimum absolute atomic E-state index is 0.0367. The molecule has 2 heterocycles. The second-order valence-electron chi connectivity index (χ2n) is 10.7. The number of anilines is 1. The Morgan fingerprint density at radius 1 is 1.03 bits per heavy atom. The summed E-state index contributed by atoms with van der Waals surface area (Å²) in [5.41, 5.74) is 3.97. The fourth-order valence-corrected chi connectivity index (χ4v) is 7.02. The summed E-state index contributed by atoms with van der Waals surface area (Å²) in [5.74, 6) is 0.0203. The van der Waals surface area contributed by atoms with E-state index in [4.69, 9.17) is 0 Å². The number of carbonyl (C=O) groups excluding carboxylic acids is 1. The lowest BCUT2D eigenvalue weighted by Gasteiger charge is -2.37. The van der Waals surface area contributed by atoms with Gasteiger partial charge in [0, 0.05) is 49.4 Å². The second-order valence-corrected chi connectivity index (χ2v) is 12.6. The van der Waals surface area contributed by atoms with E-state index >= 15 is 0 Å². The lowest BCUT2D eigenvalue weighted by molar-refractivity contribution is -0.127. The number of carbonyl (C=O) groups is 1. The van der Waals surface area contributed by atoms with Gasteiger partial charge in [0.05, 0.1) is 11.9 Å². The second kappa shape index (κ2) is 11.3. The first-order chi connectivity index (χ1) is 18.3. The van der Waals surface area contributed by atoms with E-state index in [1.54, 1.807) is 10.5 Å². The maximum absolute atomic E-state index is 13.4. The minimum Gasteiger partial charge on any atom is -0.352 e. The van der Waals surface area contributed by atoms with Crippen LogP contribution in [0.1, 0.15) is 42.4 Å². The third-order valence-corrected chi connectivity index (χ3v) is 9.14. The highest BCUT2D eigenvalue weighted by Crippen LogP contribution is 2.50. The number of benzene rings is 2. The van der Waals surface area contributed by atoms with E-state index < -0.39 is 10.0 Å². The van der Waals surface area contributed by atoms with Crippen LogP contribution < -0.4 is 14.9 Å². The van der Waals surface area contributed by atoms with Gasteiger partial charge in [-0.2, -0.15) is 0 Å². The molecule has 7 nitrogen and oxygen atoms in total. The van der Waals surface area contributed by atoms with Crippen LogP contribution in [0.15, 0.2) is 79.1 Å². The van der Waals surface area contributed by atoms with E-state index in [0.29, 0.717) is 19.6 Å². The Hall–Kier alpha value is -3.23. The van der Waals surface area contributed by atoms with Crippen LogP contribution in [0.4, 0.5) is 5.69 Å². The van der Waals surface area contributed by atoms with E-state index in [-0.39, 0.29) is 23.3 Å². The Kier molecular flexibility index (Phi) is 7.81. The summed E-state index contributed by atoms with van der Waals surface area (Å²) in [7, 11) is -3.35. The molecule has 1 saturated carbocycles. The lowest BCUT2D eigenvalue weighted by atomic mass is 9.67. The highest BCUT2D eigenvalue weighted by atomic mass is 32.2. The first-order valence-electron chi connectivity index (χ1n) is 13.4. The van der Waals surface area contributed by atoms with Gasteiger partial charge in [-0.15, -0.1) is 0 Å². The fourth-order valence-electron chi connectivity index (χ4n) is 6.03. The van der Waals surface area contributed by atoms with Crippen LogP contribution in [0.3, 0.4) is 0 Å². The quantitative estimate of drug-likeness (QED) is 0.437. The standard InChI is InChI=1S/C30H36N4O3S/c1-38(36,37)34-22-30(27-11-5-6-12-28(27)34)15-13-25(14-16-30)29(35)33-26(18-23-8-3-2-4-9-23)21-32-20-24-10-7-17-31-19-24/h2-12,17,19,25-26,32H,13-16,18,20-22H2,1H3,(H,33,35)/t25?,26-,30?/m0/s1. The average molecular weight is 533 g/mol. The largest absolute Gasteiger partial charge is 0.352 e. The van der Waals surface area contributed by atoms with Crippen LogP contribution in [0.25, 0.3) is 0 Å². The number of pyridine rings is 1. The van der Waals surface area contributed by atoms with E-state index in [1.165, 1.54) is 11.8 Å². The summed E-state index contributed by atoms with van der Waals surface area (Å²) in [4.78, 5) is 17.6. The maximum atomic E-state index is 13.4. The predicted octanol–water partition coefficient (Wildman–Crippen LogP) is 3.81. The number of hydrogen-bond acceptors (Lipinski definition) is 5. The molecule has 8 heteroatoms. The summed E-state index contributed by atoms with van der Waals surface area (Å²) in [6, 6.07) is 22.0. The molecule has 1 aliphatic heterocycles. The molecule has 0 radical (unpaired) electrons. The van der Waals surface area contributed by atoms with Gasteiger partial charge in [-0.25, -0.2) is 8.42 Å². The number of nitrogens with zero attached hydrogens (tertiary/aromatic N) is 2. The van der Waals surface area contributed by atoms with Gasteiger partial charge in [0.25, 0.3) is 0 Å². The van der Waals surface area contributed by atoms with Gasteiger partial charge in [-0.05, 0) is 60.9 Å². The molecule has 38 heavy (non-hydrogen) atoms. The van der Waals surface area contributed by atoms with Crippen LogP contribution in [0, 0.1) is 5.92 Å². The highest BCUT2D eigenvalue weighted by Gasteiger charge is 2.47. The van der Waals surface area contributed by atoms with E-state index in [9.17, 15) is 13.2 Å². The third kappa shape index (κ3) is 5.92. The highest BCUT2D eigenvalue weighted by molar-refractivity contribution is 7.92. The molecule has 1 spiro atoms. The fraction of sp³-hybridized carbons (Fsp3) is 0.400. The number of aromatic nitrogens is 1. The molecule has 2 N–H and O–H groups in total. The monoisotopic (exact) mass is 532 g/mol. The van der Waals surface area contributed by atoms with Crippen LogP contribution in [-0.2, 0) is 33.2 Å². The number of rotatable bonds is 9. The van der Waals surface area contributed by atoms with Gasteiger partial charge in [0.1, 0.15) is 0 Å². The van der Waals surface area contributed by atoms with Crippen molar-refractivity contribution in [3.05, 3.63) is 95.8 Å². The summed E-state index contributed by atoms with van der Waals surface area (Å²) >= 11 is 0. The zero-order valence-electron chi connectivity index (χ0n) is 21.8. The molecular formula is C30H36N4O3S. The van der Waals surface area contributed by atoms with Gasteiger partial charge in [0.2, 0.25) is 15.9 Å². The lowest BCUT2D eigenvalue weighted by Crippen LogP contribution is -2.47. The molecule has 2 aromatic carbocycles. The molecule has 5 rings (SSSR count). The molecule has 3 aromatic rings. The molecule has 0 bridgehead atoms. The van der Waals surface area contributed by atoms with Crippen molar-refractivity contribution in [1.82, 2.24) is 15.6 Å². The zero-order chi connectivity index (χ0) is 26.6. The molecule has 1 aliphatic carbocycles. The number of para-hydroxylation sites is 1. The van der Waals surface area contributed by atoms with Gasteiger partial charge in [-0.3, -0.25) is 14.1 Å². The first-order valence-corrected chi connectivity index (χ1v) is 15.2. The van der Waals surface area contributed by atoms with Crippen molar-refractivity contribution in [1.29, 1.82) is 0 Å². The molecule has 1 aromatic heterocycles. The Bertz CT molecular complexity index is 1340. The summed E-state index contributed by atoms with van der Waals surface area (Å²) in [5, 5.41) is 6.81. The minimum atomic E-state index is -3.35.